The van der Waals surface area contributed by atoms with Crippen LogP contribution in [0.4, 0.5) is 10.5 Å². The molecular weight excluding hydrogens is 368 g/mol. The number of anilines is 1. The number of rotatable bonds is 6. The summed E-state index contributed by atoms with van der Waals surface area (Å²) in [5.41, 5.74) is 1.71. The van der Waals surface area contributed by atoms with E-state index in [9.17, 15) is 9.59 Å². The minimum Gasteiger partial charge on any atom is -0.497 e. The highest BCUT2D eigenvalue weighted by Crippen LogP contribution is 2.32. The molecule has 7 heteroatoms. The summed E-state index contributed by atoms with van der Waals surface area (Å²) in [6, 6.07) is 15.2. The molecule has 3 rings (SSSR count). The van der Waals surface area contributed by atoms with E-state index in [1.807, 2.05) is 54.8 Å². The van der Waals surface area contributed by atoms with E-state index < -0.39 is 0 Å². The normalized spacial score (nSPS) is 15.6. The first-order valence-electron chi connectivity index (χ1n) is 7.88. The maximum atomic E-state index is 12.5. The summed E-state index contributed by atoms with van der Waals surface area (Å²) in [6.07, 6.45) is 3.76. The molecule has 1 aliphatic rings. The van der Waals surface area contributed by atoms with E-state index in [2.05, 4.69) is 5.32 Å². The van der Waals surface area contributed by atoms with Crippen molar-refractivity contribution in [2.24, 2.45) is 0 Å². The summed E-state index contributed by atoms with van der Waals surface area (Å²) in [5, 5.41) is 2.81. The van der Waals surface area contributed by atoms with Gasteiger partial charge in [-0.05, 0) is 66.1 Å². The number of nitrogens with zero attached hydrogens (tertiary/aromatic N) is 1. The van der Waals surface area contributed by atoms with E-state index in [-0.39, 0.29) is 17.8 Å². The lowest BCUT2D eigenvalue weighted by Crippen LogP contribution is -2.33. The van der Waals surface area contributed by atoms with Gasteiger partial charge in [-0.2, -0.15) is 0 Å². The van der Waals surface area contributed by atoms with Crippen LogP contribution in [0.25, 0.3) is 6.08 Å². The van der Waals surface area contributed by atoms with E-state index in [0.29, 0.717) is 4.91 Å². The van der Waals surface area contributed by atoms with Gasteiger partial charge in [0.15, 0.2) is 0 Å². The molecule has 0 unspecified atom stereocenters. The summed E-state index contributed by atoms with van der Waals surface area (Å²) in [6.45, 7) is 0.125. The predicted molar refractivity (Wildman–Crippen MR) is 108 cm³/mol. The maximum Gasteiger partial charge on any atom is 0.295 e. The van der Waals surface area contributed by atoms with Gasteiger partial charge in [0.05, 0.1) is 18.7 Å². The van der Waals surface area contributed by atoms with Crippen molar-refractivity contribution in [1.82, 2.24) is 4.90 Å². The van der Waals surface area contributed by atoms with Crippen LogP contribution in [0.15, 0.2) is 58.3 Å². The molecule has 2 amide bonds. The molecule has 134 valence electrons. The summed E-state index contributed by atoms with van der Waals surface area (Å²) >= 11 is 2.62. The molecule has 0 spiro atoms. The smallest absolute Gasteiger partial charge is 0.295 e. The highest BCUT2D eigenvalue weighted by atomic mass is 32.2. The van der Waals surface area contributed by atoms with Crippen LogP contribution in [0.2, 0.25) is 0 Å². The molecular formula is C19H18N2O3S2. The predicted octanol–water partition coefficient (Wildman–Crippen LogP) is 4.52. The van der Waals surface area contributed by atoms with Crippen LogP contribution in [-0.4, -0.2) is 36.1 Å². The molecule has 1 saturated heterocycles. The van der Waals surface area contributed by atoms with Crippen LogP contribution in [-0.2, 0) is 4.79 Å². The number of carbonyl (C=O) groups is 2. The largest absolute Gasteiger partial charge is 0.497 e. The zero-order valence-electron chi connectivity index (χ0n) is 14.4. The Hall–Kier alpha value is -2.38. The average Bonchev–Trinajstić information content (AvgIpc) is 2.94. The summed E-state index contributed by atoms with van der Waals surface area (Å²) in [5.74, 6) is 0.465. The second-order valence-electron chi connectivity index (χ2n) is 5.45. The molecule has 0 bridgehead atoms. The van der Waals surface area contributed by atoms with Gasteiger partial charge < -0.3 is 10.1 Å². The van der Waals surface area contributed by atoms with E-state index in [0.717, 1.165) is 33.7 Å². The van der Waals surface area contributed by atoms with Gasteiger partial charge in [-0.15, -0.1) is 11.8 Å². The van der Waals surface area contributed by atoms with Gasteiger partial charge in [-0.1, -0.05) is 12.1 Å². The van der Waals surface area contributed by atoms with Gasteiger partial charge in [-0.3, -0.25) is 14.5 Å². The lowest BCUT2D eigenvalue weighted by Gasteiger charge is -2.14. The molecule has 1 fully saturated rings. The van der Waals surface area contributed by atoms with Crippen LogP contribution in [0.5, 0.6) is 5.75 Å². The minimum absolute atomic E-state index is 0.125. The molecule has 0 radical (unpaired) electrons. The van der Waals surface area contributed by atoms with Crippen molar-refractivity contribution >= 4 is 46.4 Å². The fourth-order valence-electron chi connectivity index (χ4n) is 2.37. The van der Waals surface area contributed by atoms with Gasteiger partial charge in [0, 0.05) is 10.6 Å². The topological polar surface area (TPSA) is 58.6 Å². The van der Waals surface area contributed by atoms with E-state index >= 15 is 0 Å². The lowest BCUT2D eigenvalue weighted by molar-refractivity contribution is -0.122. The van der Waals surface area contributed by atoms with Crippen LogP contribution >= 0.6 is 23.5 Å². The number of thioether (sulfide) groups is 2. The fourth-order valence-corrected chi connectivity index (χ4v) is 3.61. The van der Waals surface area contributed by atoms with Gasteiger partial charge in [-0.25, -0.2) is 0 Å². The Morgan fingerprint density at radius 3 is 2.42 bits per heavy atom. The van der Waals surface area contributed by atoms with Crippen LogP contribution in [0.3, 0.4) is 0 Å². The molecule has 26 heavy (non-hydrogen) atoms. The highest BCUT2D eigenvalue weighted by Gasteiger charge is 2.34. The van der Waals surface area contributed by atoms with Crippen molar-refractivity contribution in [2.45, 2.75) is 4.90 Å². The van der Waals surface area contributed by atoms with Crippen LogP contribution in [0, 0.1) is 0 Å². The molecule has 2 aromatic rings. The quantitative estimate of drug-likeness (QED) is 0.582. The molecule has 0 aromatic heterocycles. The van der Waals surface area contributed by atoms with Crippen LogP contribution in [0.1, 0.15) is 5.56 Å². The van der Waals surface area contributed by atoms with Crippen molar-refractivity contribution in [3.8, 4) is 5.75 Å². The molecule has 0 saturated carbocycles. The molecule has 1 heterocycles. The van der Waals surface area contributed by atoms with Gasteiger partial charge >= 0.3 is 0 Å². The molecule has 1 aliphatic heterocycles. The Kier molecular flexibility index (Phi) is 5.90. The minimum atomic E-state index is -0.282. The maximum absolute atomic E-state index is 12.5. The average molecular weight is 386 g/mol. The van der Waals surface area contributed by atoms with Crippen molar-refractivity contribution in [2.75, 3.05) is 25.4 Å². The Morgan fingerprint density at radius 1 is 1.12 bits per heavy atom. The molecule has 1 N–H and O–H groups in total. The van der Waals surface area contributed by atoms with E-state index in [1.54, 1.807) is 24.9 Å². The molecule has 5 nitrogen and oxygen atoms in total. The second kappa shape index (κ2) is 8.33. The monoisotopic (exact) mass is 386 g/mol. The van der Waals surface area contributed by atoms with Crippen LogP contribution < -0.4 is 10.1 Å². The lowest BCUT2D eigenvalue weighted by atomic mass is 10.2. The van der Waals surface area contributed by atoms with Crippen molar-refractivity contribution < 1.29 is 14.3 Å². The second-order valence-corrected chi connectivity index (χ2v) is 7.32. The fraction of sp³-hybridized carbons (Fsp3) is 0.158. The molecule has 0 atom stereocenters. The number of hydrogen-bond acceptors (Lipinski definition) is 6. The number of nitrogens with one attached hydrogen (secondary N) is 1. The van der Waals surface area contributed by atoms with Gasteiger partial charge in [0.2, 0.25) is 0 Å². The van der Waals surface area contributed by atoms with Crippen molar-refractivity contribution in [3.63, 3.8) is 0 Å². The number of imide groups is 1. The van der Waals surface area contributed by atoms with Crippen molar-refractivity contribution in [3.05, 3.63) is 59.0 Å². The highest BCUT2D eigenvalue weighted by molar-refractivity contribution is 8.18. The van der Waals surface area contributed by atoms with E-state index in [1.165, 1.54) is 4.90 Å². The molecule has 2 aromatic carbocycles. The third kappa shape index (κ3) is 4.23. The summed E-state index contributed by atoms with van der Waals surface area (Å²) < 4.78 is 5.11. The number of benzene rings is 2. The zero-order chi connectivity index (χ0) is 18.5. The number of amides is 2. The van der Waals surface area contributed by atoms with Crippen molar-refractivity contribution in [1.29, 1.82) is 0 Å². The number of hydrogen-bond donors (Lipinski definition) is 1. The first kappa shape index (κ1) is 18.4. The Morgan fingerprint density at radius 2 is 1.81 bits per heavy atom. The SMILES string of the molecule is COc1ccc(NCN2C(=O)SC(=Cc3ccc(SC)cc3)C2=O)cc1. The molecule has 0 aliphatic carbocycles. The zero-order valence-corrected chi connectivity index (χ0v) is 16.0. The van der Waals surface area contributed by atoms with E-state index in [4.69, 9.17) is 4.74 Å². The first-order chi connectivity index (χ1) is 12.6. The van der Waals surface area contributed by atoms with Gasteiger partial charge in [0.1, 0.15) is 5.75 Å². The summed E-state index contributed by atoms with van der Waals surface area (Å²) in [7, 11) is 1.60. The number of methoxy groups -OCH3 is 1. The van der Waals surface area contributed by atoms with Gasteiger partial charge in [0.25, 0.3) is 11.1 Å². The Labute approximate surface area is 160 Å². The number of ether oxygens (including phenoxy) is 1. The standard InChI is InChI=1S/C19H18N2O3S2/c1-24-15-7-5-14(6-8-15)20-12-21-18(22)17(26-19(21)23)11-13-3-9-16(25-2)10-4-13/h3-11,20H,12H2,1-2H3. The first-order valence-corrected chi connectivity index (χ1v) is 9.92. The Balaban J connectivity index is 1.66. The number of carbonyl (C=O) groups excluding carboxylic acids is 2. The summed E-state index contributed by atoms with van der Waals surface area (Å²) in [4.78, 5) is 27.5. The third-order valence-corrected chi connectivity index (χ3v) is 5.47. The Bertz CT molecular complexity index is 833. The third-order valence-electron chi connectivity index (χ3n) is 3.82.